The van der Waals surface area contributed by atoms with Gasteiger partial charge in [-0.2, -0.15) is 0 Å². The Kier molecular flexibility index (Phi) is 5.00. The predicted octanol–water partition coefficient (Wildman–Crippen LogP) is 1.60. The summed E-state index contributed by atoms with van der Waals surface area (Å²) in [6.07, 6.45) is 3.23. The highest BCUT2D eigenvalue weighted by atomic mass is 16.2. The molecule has 22 heavy (non-hydrogen) atoms. The first-order chi connectivity index (χ1) is 10.4. The van der Waals surface area contributed by atoms with Crippen LogP contribution in [-0.2, 0) is 0 Å². The number of amides is 3. The number of pyridine rings is 1. The van der Waals surface area contributed by atoms with Crippen LogP contribution in [0.2, 0.25) is 0 Å². The average Bonchev–Trinajstić information content (AvgIpc) is 2.52. The van der Waals surface area contributed by atoms with E-state index < -0.39 is 0 Å². The van der Waals surface area contributed by atoms with Crippen molar-refractivity contribution in [3.63, 3.8) is 0 Å². The number of urea groups is 1. The van der Waals surface area contributed by atoms with Gasteiger partial charge >= 0.3 is 6.03 Å². The molecule has 1 aliphatic heterocycles. The maximum absolute atomic E-state index is 12.3. The Morgan fingerprint density at radius 3 is 2.18 bits per heavy atom. The lowest BCUT2D eigenvalue weighted by Gasteiger charge is -2.35. The van der Waals surface area contributed by atoms with Crippen molar-refractivity contribution in [1.29, 1.82) is 0 Å². The van der Waals surface area contributed by atoms with Crippen LogP contribution in [0.4, 0.5) is 4.79 Å². The molecule has 0 saturated carbocycles. The van der Waals surface area contributed by atoms with E-state index in [1.807, 2.05) is 0 Å². The van der Waals surface area contributed by atoms with Gasteiger partial charge in [0, 0.05) is 50.7 Å². The third-order valence-corrected chi connectivity index (χ3v) is 3.55. The van der Waals surface area contributed by atoms with Crippen molar-refractivity contribution >= 4 is 11.9 Å². The number of carbonyl (C=O) groups is 2. The number of rotatable bonds is 2. The molecule has 1 aromatic rings. The van der Waals surface area contributed by atoms with E-state index in [-0.39, 0.29) is 17.4 Å². The van der Waals surface area contributed by atoms with Gasteiger partial charge in [-0.15, -0.1) is 0 Å². The quantitative estimate of drug-likeness (QED) is 0.902. The van der Waals surface area contributed by atoms with Crippen molar-refractivity contribution in [1.82, 2.24) is 20.1 Å². The Labute approximate surface area is 131 Å². The van der Waals surface area contributed by atoms with Crippen molar-refractivity contribution in [3.05, 3.63) is 30.1 Å². The standard InChI is InChI=1S/C16H24N4O2/c1-16(2,3)12-18-15(22)20-10-8-19(9-11-20)14(21)13-4-6-17-7-5-13/h4-7H,8-12H2,1-3H3,(H,18,22). The molecule has 0 aromatic carbocycles. The number of aromatic nitrogens is 1. The number of nitrogens with zero attached hydrogens (tertiary/aromatic N) is 3. The Balaban J connectivity index is 1.83. The average molecular weight is 304 g/mol. The largest absolute Gasteiger partial charge is 0.337 e. The minimum absolute atomic E-state index is 0.00264. The van der Waals surface area contributed by atoms with E-state index in [0.29, 0.717) is 38.3 Å². The van der Waals surface area contributed by atoms with Crippen molar-refractivity contribution < 1.29 is 9.59 Å². The molecule has 0 spiro atoms. The molecule has 1 aliphatic rings. The lowest BCUT2D eigenvalue weighted by atomic mass is 9.97. The normalized spacial score (nSPS) is 15.6. The minimum Gasteiger partial charge on any atom is -0.337 e. The number of carbonyl (C=O) groups excluding carboxylic acids is 2. The molecular weight excluding hydrogens is 280 g/mol. The van der Waals surface area contributed by atoms with Gasteiger partial charge in [-0.3, -0.25) is 9.78 Å². The first-order valence-corrected chi connectivity index (χ1v) is 7.59. The molecule has 1 aromatic heterocycles. The van der Waals surface area contributed by atoms with Crippen LogP contribution >= 0.6 is 0 Å². The maximum Gasteiger partial charge on any atom is 0.317 e. The molecule has 2 heterocycles. The third kappa shape index (κ3) is 4.44. The molecular formula is C16H24N4O2. The SMILES string of the molecule is CC(C)(C)CNC(=O)N1CCN(C(=O)c2ccncc2)CC1. The van der Waals surface area contributed by atoms with Crippen LogP contribution in [0.15, 0.2) is 24.5 Å². The van der Waals surface area contributed by atoms with Crippen LogP contribution in [0.1, 0.15) is 31.1 Å². The van der Waals surface area contributed by atoms with Gasteiger partial charge in [0.1, 0.15) is 0 Å². The van der Waals surface area contributed by atoms with Crippen LogP contribution in [0, 0.1) is 5.41 Å². The molecule has 0 atom stereocenters. The van der Waals surface area contributed by atoms with Gasteiger partial charge in [0.25, 0.3) is 5.91 Å². The van der Waals surface area contributed by atoms with Gasteiger partial charge in [0.2, 0.25) is 0 Å². The van der Waals surface area contributed by atoms with Crippen LogP contribution < -0.4 is 5.32 Å². The zero-order valence-corrected chi connectivity index (χ0v) is 13.5. The third-order valence-electron chi connectivity index (χ3n) is 3.55. The second kappa shape index (κ2) is 6.77. The summed E-state index contributed by atoms with van der Waals surface area (Å²) >= 11 is 0. The van der Waals surface area contributed by atoms with E-state index in [2.05, 4.69) is 31.1 Å². The molecule has 1 fully saturated rings. The molecule has 3 amide bonds. The van der Waals surface area contributed by atoms with Crippen LogP contribution in [-0.4, -0.2) is 59.4 Å². The molecule has 1 saturated heterocycles. The van der Waals surface area contributed by atoms with E-state index in [1.165, 1.54) is 0 Å². The van der Waals surface area contributed by atoms with Crippen LogP contribution in [0.3, 0.4) is 0 Å². The van der Waals surface area contributed by atoms with Gasteiger partial charge in [0.05, 0.1) is 0 Å². The Morgan fingerprint density at radius 1 is 1.09 bits per heavy atom. The van der Waals surface area contributed by atoms with Crippen LogP contribution in [0.5, 0.6) is 0 Å². The zero-order chi connectivity index (χ0) is 16.2. The number of hydrogen-bond donors (Lipinski definition) is 1. The predicted molar refractivity (Wildman–Crippen MR) is 84.6 cm³/mol. The maximum atomic E-state index is 12.3. The summed E-state index contributed by atoms with van der Waals surface area (Å²) in [5.74, 6) is -0.00264. The van der Waals surface area contributed by atoms with Gasteiger partial charge < -0.3 is 15.1 Å². The molecule has 0 radical (unpaired) electrons. The second-order valence-electron chi connectivity index (χ2n) is 6.73. The molecule has 120 valence electrons. The van der Waals surface area contributed by atoms with E-state index >= 15 is 0 Å². The molecule has 0 bridgehead atoms. The monoisotopic (exact) mass is 304 g/mol. The summed E-state index contributed by atoms with van der Waals surface area (Å²) < 4.78 is 0. The first kappa shape index (κ1) is 16.3. The van der Waals surface area contributed by atoms with E-state index in [9.17, 15) is 9.59 Å². The fraction of sp³-hybridized carbons (Fsp3) is 0.562. The molecule has 6 heteroatoms. The van der Waals surface area contributed by atoms with Crippen molar-refractivity contribution in [2.45, 2.75) is 20.8 Å². The zero-order valence-electron chi connectivity index (χ0n) is 13.5. The van der Waals surface area contributed by atoms with Gasteiger partial charge in [-0.1, -0.05) is 20.8 Å². The minimum atomic E-state index is -0.0501. The summed E-state index contributed by atoms with van der Waals surface area (Å²) in [5, 5.41) is 2.94. The number of nitrogens with one attached hydrogen (secondary N) is 1. The fourth-order valence-corrected chi connectivity index (χ4v) is 2.24. The van der Waals surface area contributed by atoms with Crippen molar-refractivity contribution in [2.24, 2.45) is 5.41 Å². The van der Waals surface area contributed by atoms with Gasteiger partial charge in [-0.05, 0) is 17.5 Å². The highest BCUT2D eigenvalue weighted by Crippen LogP contribution is 2.11. The fourth-order valence-electron chi connectivity index (χ4n) is 2.24. The highest BCUT2D eigenvalue weighted by molar-refractivity contribution is 5.94. The summed E-state index contributed by atoms with van der Waals surface area (Å²) in [6, 6.07) is 3.38. The van der Waals surface area contributed by atoms with E-state index in [0.717, 1.165) is 0 Å². The second-order valence-corrected chi connectivity index (χ2v) is 6.73. The lowest BCUT2D eigenvalue weighted by Crippen LogP contribution is -2.53. The van der Waals surface area contributed by atoms with Gasteiger partial charge in [0.15, 0.2) is 0 Å². The molecule has 6 nitrogen and oxygen atoms in total. The highest BCUT2D eigenvalue weighted by Gasteiger charge is 2.25. The van der Waals surface area contributed by atoms with E-state index in [1.54, 1.807) is 34.3 Å². The Morgan fingerprint density at radius 2 is 1.64 bits per heavy atom. The summed E-state index contributed by atoms with van der Waals surface area (Å²) in [7, 11) is 0. The Hall–Kier alpha value is -2.11. The van der Waals surface area contributed by atoms with Crippen molar-refractivity contribution in [3.8, 4) is 0 Å². The summed E-state index contributed by atoms with van der Waals surface area (Å²) in [5.41, 5.74) is 0.704. The summed E-state index contributed by atoms with van der Waals surface area (Å²) in [6.45, 7) is 9.13. The summed E-state index contributed by atoms with van der Waals surface area (Å²) in [4.78, 5) is 31.9. The molecule has 1 N–H and O–H groups in total. The van der Waals surface area contributed by atoms with Gasteiger partial charge in [-0.25, -0.2) is 4.79 Å². The lowest BCUT2D eigenvalue weighted by molar-refractivity contribution is 0.0664. The molecule has 2 rings (SSSR count). The molecule has 0 aliphatic carbocycles. The number of hydrogen-bond acceptors (Lipinski definition) is 3. The van der Waals surface area contributed by atoms with E-state index in [4.69, 9.17) is 0 Å². The smallest absolute Gasteiger partial charge is 0.317 e. The van der Waals surface area contributed by atoms with Crippen LogP contribution in [0.25, 0.3) is 0 Å². The molecule has 0 unspecified atom stereocenters. The first-order valence-electron chi connectivity index (χ1n) is 7.59. The topological polar surface area (TPSA) is 65.5 Å². The number of piperazine rings is 1. The van der Waals surface area contributed by atoms with Crippen molar-refractivity contribution in [2.75, 3.05) is 32.7 Å². The Bertz CT molecular complexity index is 517.